The van der Waals surface area contributed by atoms with Crippen LogP contribution in [0.15, 0.2) is 18.2 Å². The first-order valence-electron chi connectivity index (χ1n) is 8.14. The van der Waals surface area contributed by atoms with E-state index in [1.54, 1.807) is 19.1 Å². The first-order valence-corrected chi connectivity index (χ1v) is 8.14. The fourth-order valence-electron chi connectivity index (χ4n) is 2.98. The van der Waals surface area contributed by atoms with Crippen LogP contribution in [0, 0.1) is 23.0 Å². The summed E-state index contributed by atoms with van der Waals surface area (Å²) in [5.74, 6) is 0.662. The van der Waals surface area contributed by atoms with Gasteiger partial charge in [-0.1, -0.05) is 19.1 Å². The summed E-state index contributed by atoms with van der Waals surface area (Å²) in [6.07, 6.45) is 2.24. The molecule has 2 atom stereocenters. The molecule has 1 saturated heterocycles. The summed E-state index contributed by atoms with van der Waals surface area (Å²) in [5.41, 5.74) is 1.58. The molecule has 126 valence electrons. The van der Waals surface area contributed by atoms with Crippen molar-refractivity contribution in [1.29, 1.82) is 0 Å². The highest BCUT2D eigenvalue weighted by atomic mass is 16.6. The Balaban J connectivity index is 1.94. The number of rotatable bonds is 5. The zero-order valence-electron chi connectivity index (χ0n) is 14.0. The summed E-state index contributed by atoms with van der Waals surface area (Å²) < 4.78 is 0. The Bertz CT molecular complexity index is 588. The number of hydrogen-bond acceptors (Lipinski definition) is 4. The second-order valence-corrected chi connectivity index (χ2v) is 6.49. The fraction of sp³-hybridized carbons (Fsp3) is 0.588. The van der Waals surface area contributed by atoms with E-state index in [0.29, 0.717) is 11.5 Å². The minimum absolute atomic E-state index is 0.102. The number of nitro benzene ring substituents is 1. The van der Waals surface area contributed by atoms with Crippen LogP contribution in [0.2, 0.25) is 0 Å². The molecular formula is C17H25N3O3. The van der Waals surface area contributed by atoms with Crippen LogP contribution in [0.5, 0.6) is 0 Å². The number of carbonyl (C=O) groups is 1. The molecule has 0 radical (unpaired) electrons. The van der Waals surface area contributed by atoms with E-state index in [9.17, 15) is 14.9 Å². The van der Waals surface area contributed by atoms with Crippen LogP contribution in [-0.4, -0.2) is 35.4 Å². The van der Waals surface area contributed by atoms with Gasteiger partial charge in [-0.3, -0.25) is 14.9 Å². The van der Waals surface area contributed by atoms with E-state index in [-0.39, 0.29) is 29.1 Å². The molecule has 0 aromatic heterocycles. The number of aryl methyl sites for hydroxylation is 1. The van der Waals surface area contributed by atoms with Gasteiger partial charge in [-0.15, -0.1) is 0 Å². The first kappa shape index (κ1) is 17.4. The number of nitrogens with zero attached hydrogens (tertiary/aromatic N) is 2. The maximum Gasteiger partial charge on any atom is 0.272 e. The van der Waals surface area contributed by atoms with E-state index < -0.39 is 0 Å². The third-order valence-corrected chi connectivity index (χ3v) is 4.50. The molecule has 1 aliphatic rings. The number of benzene rings is 1. The number of piperidine rings is 1. The van der Waals surface area contributed by atoms with Gasteiger partial charge in [0.1, 0.15) is 0 Å². The van der Waals surface area contributed by atoms with Gasteiger partial charge in [0, 0.05) is 30.8 Å². The van der Waals surface area contributed by atoms with Crippen molar-refractivity contribution in [1.82, 2.24) is 10.2 Å². The van der Waals surface area contributed by atoms with Crippen LogP contribution in [0.4, 0.5) is 5.69 Å². The Hall–Kier alpha value is -1.95. The average molecular weight is 319 g/mol. The van der Waals surface area contributed by atoms with Crippen LogP contribution in [0.1, 0.15) is 43.9 Å². The van der Waals surface area contributed by atoms with Gasteiger partial charge >= 0.3 is 0 Å². The van der Waals surface area contributed by atoms with Crippen molar-refractivity contribution in [2.45, 2.75) is 39.7 Å². The number of carbonyl (C=O) groups excluding carboxylic acids is 1. The lowest BCUT2D eigenvalue weighted by Crippen LogP contribution is -2.43. The van der Waals surface area contributed by atoms with E-state index in [2.05, 4.69) is 12.2 Å². The van der Waals surface area contributed by atoms with Crippen LogP contribution in [0.3, 0.4) is 0 Å². The summed E-state index contributed by atoms with van der Waals surface area (Å²) in [5, 5.41) is 14.2. The molecule has 2 rings (SSSR count). The number of likely N-dealkylation sites (tertiary alicyclic amines) is 1. The number of nitrogens with one attached hydrogen (secondary N) is 1. The number of nitro groups is 1. The predicted octanol–water partition coefficient (Wildman–Crippen LogP) is 2.81. The summed E-state index contributed by atoms with van der Waals surface area (Å²) in [6, 6.07) is 5.09. The average Bonchev–Trinajstić information content (AvgIpc) is 2.52. The molecule has 1 aliphatic heterocycles. The van der Waals surface area contributed by atoms with Crippen molar-refractivity contribution in [3.8, 4) is 0 Å². The molecule has 0 aliphatic carbocycles. The van der Waals surface area contributed by atoms with Crippen molar-refractivity contribution < 1.29 is 9.72 Å². The van der Waals surface area contributed by atoms with E-state index in [1.807, 2.05) is 17.9 Å². The highest BCUT2D eigenvalue weighted by molar-refractivity contribution is 5.78. The Morgan fingerprint density at radius 3 is 2.91 bits per heavy atom. The normalized spacial score (nSPS) is 19.4. The molecule has 23 heavy (non-hydrogen) atoms. The molecule has 6 nitrogen and oxygen atoms in total. The quantitative estimate of drug-likeness (QED) is 0.669. The second-order valence-electron chi connectivity index (χ2n) is 6.49. The number of hydrogen-bond donors (Lipinski definition) is 1. The van der Waals surface area contributed by atoms with Crippen LogP contribution in [0.25, 0.3) is 0 Å². The van der Waals surface area contributed by atoms with E-state index in [4.69, 9.17) is 0 Å². The lowest BCUT2D eigenvalue weighted by molar-refractivity contribution is -0.385. The lowest BCUT2D eigenvalue weighted by Gasteiger charge is -2.31. The van der Waals surface area contributed by atoms with Crippen molar-refractivity contribution in [2.75, 3.05) is 19.6 Å². The third-order valence-electron chi connectivity index (χ3n) is 4.50. The zero-order valence-corrected chi connectivity index (χ0v) is 14.0. The highest BCUT2D eigenvalue weighted by Gasteiger charge is 2.21. The first-order chi connectivity index (χ1) is 10.9. The summed E-state index contributed by atoms with van der Waals surface area (Å²) in [4.78, 5) is 24.8. The molecule has 1 aromatic carbocycles. The predicted molar refractivity (Wildman–Crippen MR) is 89.2 cm³/mol. The maximum atomic E-state index is 12.3. The SMILES string of the molecule is Cc1ccc([C@H](C)NCC(=O)N2CCC[C@H](C)C2)cc1[N+](=O)[O-]. The summed E-state index contributed by atoms with van der Waals surface area (Å²) in [6.45, 7) is 7.72. The van der Waals surface area contributed by atoms with Crippen molar-refractivity contribution >= 4 is 11.6 Å². The molecule has 6 heteroatoms. The molecule has 0 bridgehead atoms. The monoisotopic (exact) mass is 319 g/mol. The fourth-order valence-corrected chi connectivity index (χ4v) is 2.98. The van der Waals surface area contributed by atoms with Crippen molar-refractivity contribution in [3.63, 3.8) is 0 Å². The highest BCUT2D eigenvalue weighted by Crippen LogP contribution is 2.23. The topological polar surface area (TPSA) is 75.5 Å². The largest absolute Gasteiger partial charge is 0.341 e. The molecule has 0 saturated carbocycles. The van der Waals surface area contributed by atoms with E-state index in [1.165, 1.54) is 6.42 Å². The van der Waals surface area contributed by atoms with Gasteiger partial charge in [-0.25, -0.2) is 0 Å². The zero-order chi connectivity index (χ0) is 17.0. The molecule has 1 aromatic rings. The van der Waals surface area contributed by atoms with Crippen LogP contribution < -0.4 is 5.32 Å². The Kier molecular flexibility index (Phi) is 5.71. The van der Waals surface area contributed by atoms with Gasteiger partial charge in [-0.05, 0) is 38.2 Å². The van der Waals surface area contributed by atoms with Gasteiger partial charge in [0.25, 0.3) is 5.69 Å². The van der Waals surface area contributed by atoms with E-state index in [0.717, 1.165) is 25.1 Å². The molecule has 1 fully saturated rings. The lowest BCUT2D eigenvalue weighted by atomic mass is 10.0. The van der Waals surface area contributed by atoms with Gasteiger partial charge in [-0.2, -0.15) is 0 Å². The summed E-state index contributed by atoms with van der Waals surface area (Å²) in [7, 11) is 0. The smallest absolute Gasteiger partial charge is 0.272 e. The molecule has 0 unspecified atom stereocenters. The molecular weight excluding hydrogens is 294 g/mol. The van der Waals surface area contributed by atoms with Crippen molar-refractivity contribution in [3.05, 3.63) is 39.4 Å². The molecule has 0 spiro atoms. The van der Waals surface area contributed by atoms with Crippen LogP contribution >= 0.6 is 0 Å². The Morgan fingerprint density at radius 1 is 1.52 bits per heavy atom. The van der Waals surface area contributed by atoms with Crippen molar-refractivity contribution in [2.24, 2.45) is 5.92 Å². The molecule has 1 N–H and O–H groups in total. The summed E-state index contributed by atoms with van der Waals surface area (Å²) >= 11 is 0. The van der Waals surface area contributed by atoms with Gasteiger partial charge in [0.2, 0.25) is 5.91 Å². The Labute approximate surface area is 137 Å². The minimum atomic E-state index is -0.369. The minimum Gasteiger partial charge on any atom is -0.341 e. The second kappa shape index (κ2) is 7.55. The standard InChI is InChI=1S/C17H25N3O3/c1-12-5-4-8-19(11-12)17(21)10-18-14(3)15-7-6-13(2)16(9-15)20(22)23/h6-7,9,12,14,18H,4-5,8,10-11H2,1-3H3/t12-,14-/m0/s1. The molecule has 1 amide bonds. The van der Waals surface area contributed by atoms with Gasteiger partial charge in [0.05, 0.1) is 11.5 Å². The third kappa shape index (κ3) is 4.51. The van der Waals surface area contributed by atoms with Crippen LogP contribution in [-0.2, 0) is 4.79 Å². The van der Waals surface area contributed by atoms with E-state index >= 15 is 0 Å². The molecule has 1 heterocycles. The Morgan fingerprint density at radius 2 is 2.26 bits per heavy atom. The number of amides is 1. The van der Waals surface area contributed by atoms with Gasteiger partial charge < -0.3 is 10.2 Å². The maximum absolute atomic E-state index is 12.3. The van der Waals surface area contributed by atoms with Gasteiger partial charge in [0.15, 0.2) is 0 Å².